The smallest absolute Gasteiger partial charge is 0.326 e. The molecule has 174 valence electrons. The lowest BCUT2D eigenvalue weighted by Gasteiger charge is -2.29. The van der Waals surface area contributed by atoms with Crippen LogP contribution in [0.1, 0.15) is 36.9 Å². The van der Waals surface area contributed by atoms with Crippen molar-refractivity contribution in [2.24, 2.45) is 0 Å². The van der Waals surface area contributed by atoms with Gasteiger partial charge in [-0.05, 0) is 30.9 Å². The molecule has 0 bridgehead atoms. The van der Waals surface area contributed by atoms with Crippen molar-refractivity contribution < 1.29 is 29.4 Å². The summed E-state index contributed by atoms with van der Waals surface area (Å²) in [5.41, 5.74) is 1.35. The Balaban J connectivity index is 1.72. The number of nitrogens with one attached hydrogen (secondary N) is 1. The number of nitrogens with zero attached hydrogens (tertiary/aromatic N) is 1. The van der Waals surface area contributed by atoms with Crippen molar-refractivity contribution in [2.75, 3.05) is 6.54 Å². The van der Waals surface area contributed by atoms with Crippen LogP contribution >= 0.6 is 11.8 Å². The molecule has 0 spiro atoms. The van der Waals surface area contributed by atoms with E-state index in [0.29, 0.717) is 18.4 Å². The predicted molar refractivity (Wildman–Crippen MR) is 124 cm³/mol. The van der Waals surface area contributed by atoms with Crippen LogP contribution in [0.25, 0.3) is 0 Å². The van der Waals surface area contributed by atoms with E-state index in [1.54, 1.807) is 18.2 Å². The molecule has 0 saturated carbocycles. The van der Waals surface area contributed by atoms with Crippen molar-refractivity contribution in [2.45, 2.75) is 43.5 Å². The molecule has 0 aliphatic carbocycles. The predicted octanol–water partition coefficient (Wildman–Crippen LogP) is 2.52. The summed E-state index contributed by atoms with van der Waals surface area (Å²) in [4.78, 5) is 50.5. The van der Waals surface area contributed by atoms with Crippen LogP contribution < -0.4 is 5.32 Å². The Morgan fingerprint density at radius 3 is 2.36 bits per heavy atom. The van der Waals surface area contributed by atoms with Gasteiger partial charge in [-0.15, -0.1) is 0 Å². The molecule has 8 nitrogen and oxygen atoms in total. The van der Waals surface area contributed by atoms with Crippen LogP contribution in [0.2, 0.25) is 0 Å². The molecule has 1 saturated heterocycles. The first-order valence-corrected chi connectivity index (χ1v) is 11.5. The van der Waals surface area contributed by atoms with Gasteiger partial charge in [-0.3, -0.25) is 14.4 Å². The van der Waals surface area contributed by atoms with E-state index in [0.717, 1.165) is 17.3 Å². The number of hydrogen-bond donors (Lipinski definition) is 3. The maximum absolute atomic E-state index is 13.1. The summed E-state index contributed by atoms with van der Waals surface area (Å²) in [6.45, 7) is 0.968. The zero-order valence-corrected chi connectivity index (χ0v) is 19.0. The Kier molecular flexibility index (Phi) is 8.11. The zero-order valence-electron chi connectivity index (χ0n) is 18.1. The summed E-state index contributed by atoms with van der Waals surface area (Å²) in [7, 11) is 0. The summed E-state index contributed by atoms with van der Waals surface area (Å²) >= 11 is 0.888. The minimum absolute atomic E-state index is 0.0174. The van der Waals surface area contributed by atoms with Crippen molar-refractivity contribution in [3.63, 3.8) is 0 Å². The van der Waals surface area contributed by atoms with Crippen LogP contribution in [0.4, 0.5) is 0 Å². The van der Waals surface area contributed by atoms with Crippen molar-refractivity contribution in [3.8, 4) is 5.75 Å². The number of carboxylic acids is 1. The van der Waals surface area contributed by atoms with E-state index in [1.165, 1.54) is 17.9 Å². The number of amides is 2. The quantitative estimate of drug-likeness (QED) is 0.542. The summed E-state index contributed by atoms with van der Waals surface area (Å²) in [6, 6.07) is 14.1. The molecule has 2 unspecified atom stereocenters. The molecule has 1 heterocycles. The van der Waals surface area contributed by atoms with E-state index in [4.69, 9.17) is 0 Å². The maximum Gasteiger partial charge on any atom is 0.326 e. The van der Waals surface area contributed by atoms with Crippen molar-refractivity contribution in [1.29, 1.82) is 0 Å². The first kappa shape index (κ1) is 24.3. The van der Waals surface area contributed by atoms with Crippen molar-refractivity contribution in [1.82, 2.24) is 10.2 Å². The highest BCUT2D eigenvalue weighted by Crippen LogP contribution is 2.39. The molecule has 2 aromatic rings. The fraction of sp³-hybridized carbons (Fsp3) is 0.333. The fourth-order valence-corrected chi connectivity index (χ4v) is 4.93. The van der Waals surface area contributed by atoms with Gasteiger partial charge in [-0.1, -0.05) is 60.3 Å². The Bertz CT molecular complexity index is 1030. The number of thioether (sulfide) groups is 1. The Morgan fingerprint density at radius 1 is 1.06 bits per heavy atom. The number of benzene rings is 2. The number of hydrogen-bond acceptors (Lipinski definition) is 6. The average molecular weight is 471 g/mol. The van der Waals surface area contributed by atoms with E-state index in [-0.39, 0.29) is 17.3 Å². The number of aromatic hydroxyl groups is 1. The maximum atomic E-state index is 13.1. The molecule has 3 rings (SSSR count). The second-order valence-electron chi connectivity index (χ2n) is 7.81. The standard InChI is InChI=1S/C24H26N2O6S/c1-15(27)33-21(13-16-7-3-2-4-8-16)23(30)25-14-22(29)26-18(11-12-19(26)24(31)32)17-9-5-6-10-20(17)28/h2-10,18-19,21,28H,11-14H2,1H3,(H,25,30)(H,31,32)/t18?,19-,21?/m0/s1. The minimum Gasteiger partial charge on any atom is -0.508 e. The number of phenols is 1. The van der Waals surface area contributed by atoms with Gasteiger partial charge in [0.2, 0.25) is 11.8 Å². The lowest BCUT2D eigenvalue weighted by Crippen LogP contribution is -2.47. The van der Waals surface area contributed by atoms with Crippen LogP contribution in [0.3, 0.4) is 0 Å². The number of phenolic OH excluding ortho intramolecular Hbond substituents is 1. The lowest BCUT2D eigenvalue weighted by atomic mass is 10.0. The fourth-order valence-electron chi connectivity index (χ4n) is 4.06. The number of aliphatic carboxylic acids is 1. The van der Waals surface area contributed by atoms with E-state index >= 15 is 0 Å². The van der Waals surface area contributed by atoms with Crippen molar-refractivity contribution in [3.05, 3.63) is 65.7 Å². The van der Waals surface area contributed by atoms with Crippen LogP contribution in [0.15, 0.2) is 54.6 Å². The normalized spacial score (nSPS) is 18.5. The highest BCUT2D eigenvalue weighted by molar-refractivity contribution is 8.14. The first-order chi connectivity index (χ1) is 15.8. The molecule has 1 aliphatic heterocycles. The highest BCUT2D eigenvalue weighted by Gasteiger charge is 2.42. The Hall–Kier alpha value is -3.33. The Morgan fingerprint density at radius 2 is 1.73 bits per heavy atom. The topological polar surface area (TPSA) is 124 Å². The van der Waals surface area contributed by atoms with Crippen LogP contribution in [-0.2, 0) is 25.6 Å². The molecule has 33 heavy (non-hydrogen) atoms. The number of rotatable bonds is 8. The van der Waals surface area contributed by atoms with Gasteiger partial charge in [0, 0.05) is 12.5 Å². The van der Waals surface area contributed by atoms with Crippen LogP contribution in [-0.4, -0.2) is 55.8 Å². The van der Waals surface area contributed by atoms with Gasteiger partial charge in [-0.2, -0.15) is 0 Å². The molecule has 0 radical (unpaired) electrons. The Labute approximate surface area is 196 Å². The average Bonchev–Trinajstić information content (AvgIpc) is 3.23. The van der Waals surface area contributed by atoms with Gasteiger partial charge in [0.15, 0.2) is 5.12 Å². The minimum atomic E-state index is -1.14. The summed E-state index contributed by atoms with van der Waals surface area (Å²) in [6.07, 6.45) is 0.934. The molecule has 2 amide bonds. The van der Waals surface area contributed by atoms with E-state index in [9.17, 15) is 29.4 Å². The monoisotopic (exact) mass is 470 g/mol. The molecule has 1 fully saturated rings. The van der Waals surface area contributed by atoms with E-state index in [1.807, 2.05) is 30.3 Å². The molecular weight excluding hydrogens is 444 g/mol. The van der Waals surface area contributed by atoms with Gasteiger partial charge in [0.1, 0.15) is 11.8 Å². The third-order valence-corrected chi connectivity index (χ3v) is 6.53. The molecule has 9 heteroatoms. The number of carbonyl (C=O) groups is 4. The largest absolute Gasteiger partial charge is 0.508 e. The van der Waals surface area contributed by atoms with Gasteiger partial charge < -0.3 is 20.4 Å². The molecule has 3 N–H and O–H groups in total. The number of carbonyl (C=O) groups excluding carboxylic acids is 3. The number of carboxylic acid groups (broad SMARTS) is 1. The third kappa shape index (κ3) is 6.13. The first-order valence-electron chi connectivity index (χ1n) is 10.6. The van der Waals surface area contributed by atoms with E-state index < -0.39 is 41.7 Å². The third-order valence-electron chi connectivity index (χ3n) is 5.53. The van der Waals surface area contributed by atoms with Gasteiger partial charge in [0.05, 0.1) is 17.8 Å². The van der Waals surface area contributed by atoms with Crippen LogP contribution in [0.5, 0.6) is 5.75 Å². The van der Waals surface area contributed by atoms with Gasteiger partial charge in [-0.25, -0.2) is 4.79 Å². The van der Waals surface area contributed by atoms with Crippen molar-refractivity contribution >= 4 is 34.7 Å². The molecule has 0 aromatic heterocycles. The summed E-state index contributed by atoms with van der Waals surface area (Å²) < 4.78 is 0. The SMILES string of the molecule is CC(=O)SC(Cc1ccccc1)C(=O)NCC(=O)N1C(c2ccccc2O)CC[C@H]1C(=O)O. The molecular formula is C24H26N2O6S. The molecule has 2 aromatic carbocycles. The summed E-state index contributed by atoms with van der Waals surface area (Å²) in [5, 5.41) is 21.5. The van der Waals surface area contributed by atoms with Gasteiger partial charge >= 0.3 is 5.97 Å². The molecule has 3 atom stereocenters. The lowest BCUT2D eigenvalue weighted by molar-refractivity contribution is -0.149. The zero-order chi connectivity index (χ0) is 24.0. The number of likely N-dealkylation sites (tertiary alicyclic amines) is 1. The summed E-state index contributed by atoms with van der Waals surface area (Å²) in [5.74, 6) is -2.19. The van der Waals surface area contributed by atoms with E-state index in [2.05, 4.69) is 5.32 Å². The molecule has 1 aliphatic rings. The second kappa shape index (κ2) is 11.0. The van der Waals surface area contributed by atoms with Gasteiger partial charge in [0.25, 0.3) is 0 Å². The number of para-hydroxylation sites is 1. The van der Waals surface area contributed by atoms with Crippen LogP contribution in [0, 0.1) is 0 Å². The highest BCUT2D eigenvalue weighted by atomic mass is 32.2. The second-order valence-corrected chi connectivity index (χ2v) is 9.19.